The predicted molar refractivity (Wildman–Crippen MR) is 177 cm³/mol. The van der Waals surface area contributed by atoms with E-state index in [0.29, 0.717) is 59.2 Å². The lowest BCUT2D eigenvalue weighted by Gasteiger charge is -2.29. The van der Waals surface area contributed by atoms with Crippen LogP contribution in [-0.4, -0.2) is 57.4 Å². The molecule has 9 nitrogen and oxygen atoms in total. The average molecular weight is 638 g/mol. The molecule has 0 spiro atoms. The minimum atomic E-state index is -0.0531. The lowest BCUT2D eigenvalue weighted by Crippen LogP contribution is -2.41. The molecule has 0 N–H and O–H groups in total. The first-order chi connectivity index (χ1) is 22.5. The van der Waals surface area contributed by atoms with E-state index in [1.54, 1.807) is 44.8 Å². The minimum Gasteiger partial charge on any atom is -0.495 e. The smallest absolute Gasteiger partial charge is 0.254 e. The number of methoxy groups -OCH3 is 2. The van der Waals surface area contributed by atoms with Crippen LogP contribution >= 0.6 is 11.6 Å². The molecule has 1 saturated carbocycles. The van der Waals surface area contributed by atoms with Gasteiger partial charge in [0.15, 0.2) is 23.1 Å². The summed E-state index contributed by atoms with van der Waals surface area (Å²) in [6.45, 7) is 1.25. The second kappa shape index (κ2) is 14.5. The molecule has 0 saturated heterocycles. The van der Waals surface area contributed by atoms with Crippen LogP contribution < -0.4 is 14.2 Å². The van der Waals surface area contributed by atoms with Gasteiger partial charge in [-0.25, -0.2) is 9.67 Å². The van der Waals surface area contributed by atoms with Gasteiger partial charge in [-0.1, -0.05) is 54.8 Å². The average Bonchev–Trinajstić information content (AvgIpc) is 3.79. The third kappa shape index (κ3) is 7.00. The summed E-state index contributed by atoms with van der Waals surface area (Å²) in [5.74, 6) is 2.85. The lowest BCUT2D eigenvalue weighted by atomic mass is 10.1. The van der Waals surface area contributed by atoms with Crippen LogP contribution in [0.4, 0.5) is 0 Å². The van der Waals surface area contributed by atoms with Crippen LogP contribution in [0.3, 0.4) is 0 Å². The monoisotopic (exact) mass is 637 g/mol. The molecule has 0 bridgehead atoms. The first-order valence-electron chi connectivity index (χ1n) is 15.4. The van der Waals surface area contributed by atoms with E-state index in [2.05, 4.69) is 4.98 Å². The van der Waals surface area contributed by atoms with Crippen LogP contribution in [-0.2, 0) is 13.2 Å². The first kappa shape index (κ1) is 31.1. The molecule has 0 unspecified atom stereocenters. The van der Waals surface area contributed by atoms with Crippen molar-refractivity contribution in [2.24, 2.45) is 0 Å². The number of nitrogens with zero attached hydrogens (tertiary/aromatic N) is 5. The van der Waals surface area contributed by atoms with E-state index in [0.717, 1.165) is 42.4 Å². The molecular formula is C36H36ClN5O4. The van der Waals surface area contributed by atoms with Crippen LogP contribution in [0.5, 0.6) is 17.2 Å². The quantitative estimate of drug-likeness (QED) is 0.141. The molecule has 0 radical (unpaired) electrons. The molecule has 0 aliphatic heterocycles. The Morgan fingerprint density at radius 2 is 1.63 bits per heavy atom. The molecule has 1 amide bonds. The van der Waals surface area contributed by atoms with Gasteiger partial charge in [-0.3, -0.25) is 9.78 Å². The van der Waals surface area contributed by atoms with Crippen molar-refractivity contribution in [2.45, 2.75) is 44.9 Å². The van der Waals surface area contributed by atoms with Gasteiger partial charge in [0.05, 0.1) is 25.8 Å². The second-order valence-electron chi connectivity index (χ2n) is 11.1. The van der Waals surface area contributed by atoms with E-state index >= 15 is 0 Å². The molecule has 5 aromatic rings. The highest BCUT2D eigenvalue weighted by Crippen LogP contribution is 2.33. The van der Waals surface area contributed by atoms with Crippen LogP contribution in [0.15, 0.2) is 91.3 Å². The van der Waals surface area contributed by atoms with E-state index in [1.807, 2.05) is 70.2 Å². The fourth-order valence-electron chi connectivity index (χ4n) is 5.83. The largest absolute Gasteiger partial charge is 0.495 e. The fraction of sp³-hybridized carbons (Fsp3) is 0.278. The van der Waals surface area contributed by atoms with Crippen molar-refractivity contribution in [3.8, 4) is 40.0 Å². The Labute approximate surface area is 273 Å². The number of hydrogen-bond acceptors (Lipinski definition) is 7. The van der Waals surface area contributed by atoms with Crippen molar-refractivity contribution in [3.63, 3.8) is 0 Å². The van der Waals surface area contributed by atoms with Crippen molar-refractivity contribution < 1.29 is 19.0 Å². The van der Waals surface area contributed by atoms with Crippen LogP contribution in [0.2, 0.25) is 5.02 Å². The summed E-state index contributed by atoms with van der Waals surface area (Å²) in [6, 6.07) is 24.7. The number of aromatic nitrogens is 4. The Bertz CT molecular complexity index is 1770. The van der Waals surface area contributed by atoms with E-state index < -0.39 is 0 Å². The number of halogens is 1. The van der Waals surface area contributed by atoms with Crippen molar-refractivity contribution in [1.29, 1.82) is 0 Å². The van der Waals surface area contributed by atoms with E-state index in [4.69, 9.17) is 35.9 Å². The maximum atomic E-state index is 14.2. The van der Waals surface area contributed by atoms with Crippen molar-refractivity contribution in [1.82, 2.24) is 24.6 Å². The molecule has 236 valence electrons. The Hall–Kier alpha value is -4.89. The number of carbonyl (C=O) groups is 1. The van der Waals surface area contributed by atoms with Crippen molar-refractivity contribution in [3.05, 3.63) is 107 Å². The minimum absolute atomic E-state index is 0.0531. The molecule has 46 heavy (non-hydrogen) atoms. The summed E-state index contributed by atoms with van der Waals surface area (Å²) in [6.07, 6.45) is 7.53. The molecule has 6 rings (SSSR count). The Kier molecular flexibility index (Phi) is 9.79. The first-order valence-corrected chi connectivity index (χ1v) is 15.8. The molecule has 2 aromatic heterocycles. The zero-order valence-electron chi connectivity index (χ0n) is 25.9. The predicted octanol–water partition coefficient (Wildman–Crippen LogP) is 7.34. The molecule has 1 aliphatic rings. The van der Waals surface area contributed by atoms with Gasteiger partial charge in [0.2, 0.25) is 0 Å². The van der Waals surface area contributed by atoms with E-state index in [1.165, 1.54) is 0 Å². The molecular weight excluding hydrogens is 602 g/mol. The molecule has 1 fully saturated rings. The van der Waals surface area contributed by atoms with Gasteiger partial charge in [-0.15, -0.1) is 0 Å². The maximum absolute atomic E-state index is 14.2. The molecule has 3 aromatic carbocycles. The SMILES string of the molecule is COc1ccc(-c2nc(-c3ccncc3)nn2CCN(C(=O)c2ccc(OC)c(OCc3ccccc3)c2)C2CCCC2)cc1Cl. The van der Waals surface area contributed by atoms with Gasteiger partial charge >= 0.3 is 0 Å². The number of hydrogen-bond donors (Lipinski definition) is 0. The Morgan fingerprint density at radius 3 is 2.35 bits per heavy atom. The Balaban J connectivity index is 1.29. The number of benzene rings is 3. The topological polar surface area (TPSA) is 91.6 Å². The summed E-state index contributed by atoms with van der Waals surface area (Å²) < 4.78 is 18.9. The highest BCUT2D eigenvalue weighted by Gasteiger charge is 2.29. The van der Waals surface area contributed by atoms with Crippen LogP contribution in [0.1, 0.15) is 41.6 Å². The molecule has 10 heteroatoms. The number of ether oxygens (including phenoxy) is 3. The van der Waals surface area contributed by atoms with Gasteiger partial charge in [0, 0.05) is 41.7 Å². The number of pyridine rings is 1. The fourth-order valence-corrected chi connectivity index (χ4v) is 6.09. The van der Waals surface area contributed by atoms with Gasteiger partial charge in [0.1, 0.15) is 12.4 Å². The lowest BCUT2D eigenvalue weighted by molar-refractivity contribution is 0.0671. The van der Waals surface area contributed by atoms with Crippen molar-refractivity contribution >= 4 is 17.5 Å². The van der Waals surface area contributed by atoms with Gasteiger partial charge in [0.25, 0.3) is 5.91 Å². The highest BCUT2D eigenvalue weighted by atomic mass is 35.5. The summed E-state index contributed by atoms with van der Waals surface area (Å²) >= 11 is 6.51. The van der Waals surface area contributed by atoms with Gasteiger partial charge in [-0.2, -0.15) is 5.10 Å². The molecule has 1 aliphatic carbocycles. The third-order valence-corrected chi connectivity index (χ3v) is 8.54. The summed E-state index contributed by atoms with van der Waals surface area (Å²) in [5, 5.41) is 5.36. The Morgan fingerprint density at radius 1 is 0.891 bits per heavy atom. The normalized spacial score (nSPS) is 13.0. The third-order valence-electron chi connectivity index (χ3n) is 8.25. The standard InChI is InChI=1S/C36H36ClN5O4/c1-44-31-14-12-27(22-30(31)37)35-39-34(26-16-18-38-19-17-26)40-42(35)21-20-41(29-10-6-7-11-29)36(43)28-13-15-32(45-2)33(23-28)46-24-25-8-4-3-5-9-25/h3-5,8-9,12-19,22-23,29H,6-7,10-11,20-21,24H2,1-2H3. The van der Waals surface area contributed by atoms with Gasteiger partial charge in [-0.05, 0) is 66.9 Å². The zero-order chi connectivity index (χ0) is 31.9. The summed E-state index contributed by atoms with van der Waals surface area (Å²) in [4.78, 5) is 25.2. The van der Waals surface area contributed by atoms with Crippen molar-refractivity contribution in [2.75, 3.05) is 20.8 Å². The van der Waals surface area contributed by atoms with E-state index in [9.17, 15) is 4.79 Å². The second-order valence-corrected chi connectivity index (χ2v) is 11.6. The molecule has 0 atom stereocenters. The number of carbonyl (C=O) groups excluding carboxylic acids is 1. The van der Waals surface area contributed by atoms with E-state index in [-0.39, 0.29) is 11.9 Å². The number of amides is 1. The summed E-state index contributed by atoms with van der Waals surface area (Å²) in [5.41, 5.74) is 3.23. The number of rotatable bonds is 12. The highest BCUT2D eigenvalue weighted by molar-refractivity contribution is 6.32. The summed E-state index contributed by atoms with van der Waals surface area (Å²) in [7, 11) is 3.18. The van der Waals surface area contributed by atoms with Crippen LogP contribution in [0.25, 0.3) is 22.8 Å². The maximum Gasteiger partial charge on any atom is 0.254 e. The van der Waals surface area contributed by atoms with Crippen LogP contribution in [0, 0.1) is 0 Å². The molecule has 2 heterocycles. The zero-order valence-corrected chi connectivity index (χ0v) is 26.7. The van der Waals surface area contributed by atoms with Gasteiger partial charge < -0.3 is 19.1 Å².